The lowest BCUT2D eigenvalue weighted by Crippen LogP contribution is -2.30. The SMILES string of the molecule is CC/C=C\C/C=C\C/C=C\CCCCCCCC(=O)OCC(COC(=O)CCCCCCCCCCCCCCCCCCCCCCCCCCCCCCCCCC)OC(=O)CCCCCCCCC/C=C\C/C=C\CCCCC. The molecular formula is C76H138O6. The molecule has 6 heteroatoms. The predicted octanol–water partition coefficient (Wildman–Crippen LogP) is 25.1. The molecule has 0 aromatic rings. The fourth-order valence-corrected chi connectivity index (χ4v) is 10.8. The molecule has 0 amide bonds. The van der Waals surface area contributed by atoms with Crippen molar-refractivity contribution in [2.75, 3.05) is 13.2 Å². The molecule has 0 aliphatic carbocycles. The van der Waals surface area contributed by atoms with Crippen molar-refractivity contribution in [3.63, 3.8) is 0 Å². The van der Waals surface area contributed by atoms with E-state index in [1.54, 1.807) is 0 Å². The summed E-state index contributed by atoms with van der Waals surface area (Å²) in [5.41, 5.74) is 0. The highest BCUT2D eigenvalue weighted by molar-refractivity contribution is 5.71. The van der Waals surface area contributed by atoms with E-state index in [1.165, 1.54) is 238 Å². The van der Waals surface area contributed by atoms with Crippen LogP contribution in [0, 0.1) is 0 Å². The highest BCUT2D eigenvalue weighted by Gasteiger charge is 2.19. The Morgan fingerprint density at radius 1 is 0.256 bits per heavy atom. The molecular weight excluding hydrogens is 1010 g/mol. The van der Waals surface area contributed by atoms with Gasteiger partial charge in [0.2, 0.25) is 0 Å². The molecule has 0 aromatic heterocycles. The minimum Gasteiger partial charge on any atom is -0.462 e. The minimum absolute atomic E-state index is 0.0799. The summed E-state index contributed by atoms with van der Waals surface area (Å²) in [6.45, 7) is 6.54. The summed E-state index contributed by atoms with van der Waals surface area (Å²) < 4.78 is 17.0. The van der Waals surface area contributed by atoms with Gasteiger partial charge in [-0.2, -0.15) is 0 Å². The Morgan fingerprint density at radius 3 is 0.768 bits per heavy atom. The lowest BCUT2D eigenvalue weighted by atomic mass is 10.0. The van der Waals surface area contributed by atoms with Gasteiger partial charge in [-0.05, 0) is 83.5 Å². The van der Waals surface area contributed by atoms with Crippen molar-refractivity contribution in [1.82, 2.24) is 0 Å². The van der Waals surface area contributed by atoms with Gasteiger partial charge in [0.05, 0.1) is 0 Å². The molecule has 0 fully saturated rings. The molecule has 0 saturated heterocycles. The molecule has 0 aliphatic rings. The van der Waals surface area contributed by atoms with Crippen molar-refractivity contribution in [3.8, 4) is 0 Å². The van der Waals surface area contributed by atoms with Crippen LogP contribution in [-0.2, 0) is 28.6 Å². The first-order valence-corrected chi connectivity index (χ1v) is 36.3. The van der Waals surface area contributed by atoms with Crippen molar-refractivity contribution in [1.29, 1.82) is 0 Å². The number of rotatable bonds is 67. The second-order valence-corrected chi connectivity index (χ2v) is 24.5. The summed E-state index contributed by atoms with van der Waals surface area (Å²) in [5.74, 6) is -0.884. The second-order valence-electron chi connectivity index (χ2n) is 24.5. The normalized spacial score (nSPS) is 12.4. The van der Waals surface area contributed by atoms with Gasteiger partial charge in [-0.15, -0.1) is 0 Å². The molecule has 0 rings (SSSR count). The van der Waals surface area contributed by atoms with Crippen LogP contribution in [0.2, 0.25) is 0 Å². The minimum atomic E-state index is -0.786. The van der Waals surface area contributed by atoms with Gasteiger partial charge in [-0.1, -0.05) is 345 Å². The number of carbonyl (C=O) groups is 3. The molecule has 0 spiro atoms. The summed E-state index contributed by atoms with van der Waals surface area (Å²) in [7, 11) is 0. The molecule has 0 aromatic carbocycles. The topological polar surface area (TPSA) is 78.9 Å². The zero-order valence-corrected chi connectivity index (χ0v) is 55.0. The summed E-state index contributed by atoms with van der Waals surface area (Å²) in [6.07, 6.45) is 91.3. The van der Waals surface area contributed by atoms with E-state index in [4.69, 9.17) is 14.2 Å². The molecule has 0 heterocycles. The van der Waals surface area contributed by atoms with Crippen LogP contribution < -0.4 is 0 Å². The first kappa shape index (κ1) is 79.1. The van der Waals surface area contributed by atoms with Crippen LogP contribution in [0.5, 0.6) is 0 Å². The van der Waals surface area contributed by atoms with Gasteiger partial charge in [-0.3, -0.25) is 14.4 Å². The first-order valence-electron chi connectivity index (χ1n) is 36.3. The smallest absolute Gasteiger partial charge is 0.306 e. The Morgan fingerprint density at radius 2 is 0.476 bits per heavy atom. The third kappa shape index (κ3) is 67.9. The lowest BCUT2D eigenvalue weighted by molar-refractivity contribution is -0.167. The first-order chi connectivity index (χ1) is 40.5. The van der Waals surface area contributed by atoms with Gasteiger partial charge in [0, 0.05) is 19.3 Å². The molecule has 0 saturated carbocycles. The number of esters is 3. The van der Waals surface area contributed by atoms with Gasteiger partial charge in [-0.25, -0.2) is 0 Å². The Hall–Kier alpha value is -2.89. The van der Waals surface area contributed by atoms with Gasteiger partial charge >= 0.3 is 17.9 Å². The van der Waals surface area contributed by atoms with Gasteiger partial charge in [0.15, 0.2) is 6.10 Å². The zero-order chi connectivity index (χ0) is 59.2. The second kappa shape index (κ2) is 70.6. The maximum Gasteiger partial charge on any atom is 0.306 e. The average Bonchev–Trinajstić information content (AvgIpc) is 3.48. The fourth-order valence-electron chi connectivity index (χ4n) is 10.8. The maximum absolute atomic E-state index is 12.9. The van der Waals surface area contributed by atoms with Crippen LogP contribution in [0.3, 0.4) is 0 Å². The third-order valence-electron chi connectivity index (χ3n) is 16.3. The van der Waals surface area contributed by atoms with Crippen molar-refractivity contribution in [3.05, 3.63) is 60.8 Å². The van der Waals surface area contributed by atoms with Gasteiger partial charge in [0.1, 0.15) is 13.2 Å². The summed E-state index contributed by atoms with van der Waals surface area (Å²) in [5, 5.41) is 0. The van der Waals surface area contributed by atoms with Crippen LogP contribution in [0.15, 0.2) is 60.8 Å². The summed E-state index contributed by atoms with van der Waals surface area (Å²) in [4.78, 5) is 38.4. The van der Waals surface area contributed by atoms with Crippen LogP contribution in [-0.4, -0.2) is 37.2 Å². The van der Waals surface area contributed by atoms with Gasteiger partial charge < -0.3 is 14.2 Å². The number of hydrogen-bond donors (Lipinski definition) is 0. The van der Waals surface area contributed by atoms with Crippen LogP contribution in [0.1, 0.15) is 387 Å². The van der Waals surface area contributed by atoms with E-state index < -0.39 is 6.10 Å². The van der Waals surface area contributed by atoms with Gasteiger partial charge in [0.25, 0.3) is 0 Å². The molecule has 478 valence electrons. The van der Waals surface area contributed by atoms with E-state index in [-0.39, 0.29) is 31.1 Å². The van der Waals surface area contributed by atoms with E-state index in [9.17, 15) is 14.4 Å². The molecule has 0 bridgehead atoms. The Bertz CT molecular complexity index is 1460. The van der Waals surface area contributed by atoms with Crippen molar-refractivity contribution in [2.45, 2.75) is 393 Å². The highest BCUT2D eigenvalue weighted by atomic mass is 16.6. The lowest BCUT2D eigenvalue weighted by Gasteiger charge is -2.18. The Balaban J connectivity index is 4.16. The van der Waals surface area contributed by atoms with E-state index in [1.807, 2.05) is 0 Å². The number of carbonyl (C=O) groups excluding carboxylic acids is 3. The average molecular weight is 1150 g/mol. The number of ether oxygens (including phenoxy) is 3. The molecule has 82 heavy (non-hydrogen) atoms. The number of allylic oxidation sites excluding steroid dienone is 10. The monoisotopic (exact) mass is 1150 g/mol. The molecule has 0 radical (unpaired) electrons. The number of unbranched alkanes of at least 4 members (excludes halogenated alkanes) is 46. The van der Waals surface area contributed by atoms with E-state index in [0.717, 1.165) is 109 Å². The van der Waals surface area contributed by atoms with Crippen molar-refractivity contribution >= 4 is 17.9 Å². The summed E-state index contributed by atoms with van der Waals surface area (Å²) in [6, 6.07) is 0. The number of hydrogen-bond acceptors (Lipinski definition) is 6. The maximum atomic E-state index is 12.9. The van der Waals surface area contributed by atoms with Crippen LogP contribution >= 0.6 is 0 Å². The largest absolute Gasteiger partial charge is 0.462 e. The fraction of sp³-hybridized carbons (Fsp3) is 0.829. The third-order valence-corrected chi connectivity index (χ3v) is 16.3. The standard InChI is InChI=1S/C76H138O6/c1-4-7-10-13-16-19-22-25-28-30-31-32-33-34-35-36-37-38-39-40-41-42-43-44-46-48-51-54-57-60-63-66-69-75(78)81-72-73(71-80-74(77)68-65-62-59-56-53-50-47-27-24-21-18-15-12-9-6-3)82-76(79)70-67-64-61-58-55-52-49-45-29-26-23-20-17-14-11-8-5-2/h9,12,17-18,20-21,26-27,29,47,73H,4-8,10-11,13-16,19,22-25,28,30-46,48-72H2,1-3H3/b12-9-,20-17-,21-18-,29-26-,47-27-. The highest BCUT2D eigenvalue weighted by Crippen LogP contribution is 2.19. The van der Waals surface area contributed by atoms with E-state index >= 15 is 0 Å². The van der Waals surface area contributed by atoms with E-state index in [0.29, 0.717) is 19.3 Å². The molecule has 1 unspecified atom stereocenters. The van der Waals surface area contributed by atoms with E-state index in [2.05, 4.69) is 81.5 Å². The van der Waals surface area contributed by atoms with Crippen molar-refractivity contribution in [2.24, 2.45) is 0 Å². The Kier molecular flexibility index (Phi) is 68.1. The van der Waals surface area contributed by atoms with Crippen molar-refractivity contribution < 1.29 is 28.6 Å². The Labute approximate surface area is 510 Å². The van der Waals surface area contributed by atoms with Crippen LogP contribution in [0.25, 0.3) is 0 Å². The zero-order valence-electron chi connectivity index (χ0n) is 55.0. The summed E-state index contributed by atoms with van der Waals surface area (Å²) >= 11 is 0. The predicted molar refractivity (Wildman–Crippen MR) is 358 cm³/mol. The molecule has 0 aliphatic heterocycles. The van der Waals surface area contributed by atoms with Crippen LogP contribution in [0.4, 0.5) is 0 Å². The quantitative estimate of drug-likeness (QED) is 0.0261. The molecule has 0 N–H and O–H groups in total. The molecule has 6 nitrogen and oxygen atoms in total. The molecule has 1 atom stereocenters.